The first kappa shape index (κ1) is 16.4. The van der Waals surface area contributed by atoms with E-state index >= 15 is 0 Å². The van der Waals surface area contributed by atoms with Gasteiger partial charge in [-0.05, 0) is 49.4 Å². The maximum absolute atomic E-state index is 13.1. The highest BCUT2D eigenvalue weighted by Crippen LogP contribution is 2.30. The molecule has 1 aromatic carbocycles. The van der Waals surface area contributed by atoms with Crippen molar-refractivity contribution in [2.24, 2.45) is 11.7 Å². The van der Waals surface area contributed by atoms with E-state index in [1.54, 1.807) is 23.5 Å². The van der Waals surface area contributed by atoms with Gasteiger partial charge in [0.15, 0.2) is 10.8 Å². The van der Waals surface area contributed by atoms with Crippen LogP contribution in [0.2, 0.25) is 0 Å². The molecule has 0 unspecified atom stereocenters. The fraction of sp³-hybridized carbons (Fsp3) is 0.368. The van der Waals surface area contributed by atoms with Crippen LogP contribution in [0.5, 0.6) is 0 Å². The van der Waals surface area contributed by atoms with Gasteiger partial charge in [0.25, 0.3) is 0 Å². The number of aromatic nitrogens is 3. The number of hydrogen-bond donors (Lipinski definition) is 1. The minimum absolute atomic E-state index is 0.236. The number of nitrogens with zero attached hydrogens (tertiary/aromatic N) is 3. The number of nitrogens with two attached hydrogens (primary N) is 1. The van der Waals surface area contributed by atoms with Crippen LogP contribution in [0.4, 0.5) is 4.39 Å². The van der Waals surface area contributed by atoms with Crippen LogP contribution in [0, 0.1) is 11.7 Å². The second-order valence-corrected chi connectivity index (χ2v) is 7.60. The van der Waals surface area contributed by atoms with Crippen molar-refractivity contribution >= 4 is 11.3 Å². The van der Waals surface area contributed by atoms with Crippen LogP contribution in [-0.2, 0) is 6.54 Å². The highest BCUT2D eigenvalue weighted by Gasteiger charge is 2.21. The number of imidazole rings is 1. The maximum Gasteiger partial charge on any atom is 0.169 e. The van der Waals surface area contributed by atoms with Crippen molar-refractivity contribution in [1.82, 2.24) is 14.5 Å². The molecular weight excluding hydrogens is 335 g/mol. The van der Waals surface area contributed by atoms with Gasteiger partial charge in [-0.15, -0.1) is 11.3 Å². The van der Waals surface area contributed by atoms with Crippen LogP contribution in [-0.4, -0.2) is 20.6 Å². The molecule has 0 saturated heterocycles. The first-order valence-electron chi connectivity index (χ1n) is 8.67. The van der Waals surface area contributed by atoms with Gasteiger partial charge in [0.2, 0.25) is 0 Å². The van der Waals surface area contributed by atoms with Crippen molar-refractivity contribution < 1.29 is 4.39 Å². The van der Waals surface area contributed by atoms with Crippen molar-refractivity contribution in [3.63, 3.8) is 0 Å². The highest BCUT2D eigenvalue weighted by molar-refractivity contribution is 7.13. The van der Waals surface area contributed by atoms with Gasteiger partial charge in [-0.25, -0.2) is 14.4 Å². The van der Waals surface area contributed by atoms with Gasteiger partial charge in [0.1, 0.15) is 5.82 Å². The van der Waals surface area contributed by atoms with E-state index in [1.165, 1.54) is 25.0 Å². The third-order valence-corrected chi connectivity index (χ3v) is 5.67. The van der Waals surface area contributed by atoms with Crippen molar-refractivity contribution in [1.29, 1.82) is 0 Å². The SMILES string of the molecule is N[C@H]1CCC[C@@H](Cn2ccnc2-c2nc(-c3ccc(F)cc3)cs2)C1. The number of benzene rings is 1. The zero-order valence-electron chi connectivity index (χ0n) is 13.9. The number of halogens is 1. The summed E-state index contributed by atoms with van der Waals surface area (Å²) in [5.41, 5.74) is 7.89. The van der Waals surface area contributed by atoms with Gasteiger partial charge < -0.3 is 10.3 Å². The molecule has 1 saturated carbocycles. The van der Waals surface area contributed by atoms with Gasteiger partial charge in [0, 0.05) is 35.9 Å². The Balaban J connectivity index is 1.55. The molecule has 2 heterocycles. The summed E-state index contributed by atoms with van der Waals surface area (Å²) in [4.78, 5) is 9.22. The summed E-state index contributed by atoms with van der Waals surface area (Å²) in [5.74, 6) is 1.27. The van der Waals surface area contributed by atoms with E-state index in [2.05, 4.69) is 9.55 Å². The molecule has 2 aromatic heterocycles. The molecule has 6 heteroatoms. The molecule has 0 amide bonds. The summed E-state index contributed by atoms with van der Waals surface area (Å²) >= 11 is 1.57. The summed E-state index contributed by atoms with van der Waals surface area (Å²) in [7, 11) is 0. The second-order valence-electron chi connectivity index (χ2n) is 6.74. The van der Waals surface area contributed by atoms with E-state index in [0.29, 0.717) is 12.0 Å². The molecule has 0 radical (unpaired) electrons. The molecule has 25 heavy (non-hydrogen) atoms. The Bertz CT molecular complexity index is 839. The second kappa shape index (κ2) is 7.06. The normalized spacial score (nSPS) is 20.7. The molecule has 3 aromatic rings. The number of hydrogen-bond acceptors (Lipinski definition) is 4. The summed E-state index contributed by atoms with van der Waals surface area (Å²) in [5, 5.41) is 2.89. The minimum Gasteiger partial charge on any atom is -0.329 e. The zero-order chi connectivity index (χ0) is 17.2. The first-order chi connectivity index (χ1) is 12.2. The average Bonchev–Trinajstić information content (AvgIpc) is 3.25. The third kappa shape index (κ3) is 3.65. The maximum atomic E-state index is 13.1. The number of thiazole rings is 1. The fourth-order valence-electron chi connectivity index (χ4n) is 3.56. The van der Waals surface area contributed by atoms with Crippen molar-refractivity contribution in [3.8, 4) is 22.1 Å². The predicted octanol–water partition coefficient (Wildman–Crippen LogP) is 4.33. The Morgan fingerprint density at radius 1 is 1.24 bits per heavy atom. The molecule has 4 rings (SSSR count). The van der Waals surface area contributed by atoms with Crippen LogP contribution in [0.1, 0.15) is 25.7 Å². The third-order valence-electron chi connectivity index (χ3n) is 4.83. The quantitative estimate of drug-likeness (QED) is 0.757. The summed E-state index contributed by atoms with van der Waals surface area (Å²) in [6.45, 7) is 0.939. The Morgan fingerprint density at radius 2 is 2.08 bits per heavy atom. The van der Waals surface area contributed by atoms with Crippen LogP contribution in [0.15, 0.2) is 42.0 Å². The molecule has 1 aliphatic rings. The predicted molar refractivity (Wildman–Crippen MR) is 98.7 cm³/mol. The van der Waals surface area contributed by atoms with E-state index < -0.39 is 0 Å². The summed E-state index contributed by atoms with van der Waals surface area (Å²) in [6.07, 6.45) is 8.51. The van der Waals surface area contributed by atoms with E-state index in [4.69, 9.17) is 10.7 Å². The molecule has 2 atom stereocenters. The fourth-order valence-corrected chi connectivity index (χ4v) is 4.40. The zero-order valence-corrected chi connectivity index (χ0v) is 14.8. The van der Waals surface area contributed by atoms with Gasteiger partial charge in [-0.2, -0.15) is 0 Å². The van der Waals surface area contributed by atoms with Gasteiger partial charge in [0.05, 0.1) is 5.69 Å². The molecular formula is C19H21FN4S. The lowest BCUT2D eigenvalue weighted by molar-refractivity contribution is 0.291. The van der Waals surface area contributed by atoms with E-state index in [0.717, 1.165) is 41.5 Å². The molecule has 130 valence electrons. The van der Waals surface area contributed by atoms with Crippen molar-refractivity contribution in [2.75, 3.05) is 0 Å². The van der Waals surface area contributed by atoms with Crippen LogP contribution in [0.25, 0.3) is 22.1 Å². The summed E-state index contributed by atoms with van der Waals surface area (Å²) in [6, 6.07) is 6.76. The largest absolute Gasteiger partial charge is 0.329 e. The van der Waals surface area contributed by atoms with E-state index in [1.807, 2.05) is 17.8 Å². The highest BCUT2D eigenvalue weighted by atomic mass is 32.1. The van der Waals surface area contributed by atoms with Gasteiger partial charge in [-0.3, -0.25) is 0 Å². The Hall–Kier alpha value is -2.05. The van der Waals surface area contributed by atoms with Crippen molar-refractivity contribution in [3.05, 3.63) is 47.9 Å². The van der Waals surface area contributed by atoms with Crippen LogP contribution >= 0.6 is 11.3 Å². The smallest absolute Gasteiger partial charge is 0.169 e. The molecule has 1 fully saturated rings. The molecule has 0 aliphatic heterocycles. The first-order valence-corrected chi connectivity index (χ1v) is 9.55. The average molecular weight is 356 g/mol. The van der Waals surface area contributed by atoms with Crippen LogP contribution < -0.4 is 5.73 Å². The molecule has 4 nitrogen and oxygen atoms in total. The molecule has 1 aliphatic carbocycles. The number of rotatable bonds is 4. The Kier molecular flexibility index (Phi) is 4.63. The van der Waals surface area contributed by atoms with Crippen LogP contribution in [0.3, 0.4) is 0 Å². The summed E-state index contributed by atoms with van der Waals surface area (Å²) < 4.78 is 15.3. The lowest BCUT2D eigenvalue weighted by atomic mass is 9.86. The van der Waals surface area contributed by atoms with Gasteiger partial charge >= 0.3 is 0 Å². The lowest BCUT2D eigenvalue weighted by Crippen LogP contribution is -2.29. The topological polar surface area (TPSA) is 56.7 Å². The standard InChI is InChI=1S/C19H21FN4S/c20-15-6-4-14(5-7-15)17-12-25-19(23-17)18-22-8-9-24(18)11-13-2-1-3-16(21)10-13/h4-9,12-13,16H,1-3,10-11,21H2/t13-,16+/m1/s1. The minimum atomic E-state index is -0.236. The lowest BCUT2D eigenvalue weighted by Gasteiger charge is -2.27. The van der Waals surface area contributed by atoms with Gasteiger partial charge in [-0.1, -0.05) is 6.42 Å². The van der Waals surface area contributed by atoms with Crippen molar-refractivity contribution in [2.45, 2.75) is 38.3 Å². The Labute approximate surface area is 150 Å². The monoisotopic (exact) mass is 356 g/mol. The molecule has 0 spiro atoms. The molecule has 2 N–H and O–H groups in total. The van der Waals surface area contributed by atoms with E-state index in [9.17, 15) is 4.39 Å². The van der Waals surface area contributed by atoms with E-state index in [-0.39, 0.29) is 5.82 Å². The Morgan fingerprint density at radius 3 is 2.88 bits per heavy atom. The molecule has 0 bridgehead atoms.